The van der Waals surface area contributed by atoms with Crippen molar-refractivity contribution in [3.05, 3.63) is 23.8 Å². The Hall–Kier alpha value is -1.09. The fourth-order valence-electron chi connectivity index (χ4n) is 2.81. The predicted octanol–water partition coefficient (Wildman–Crippen LogP) is 1.20. The maximum atomic E-state index is 12.0. The molecule has 114 valence electrons. The standard InChI is InChI=1S/C13H18N4O2S2/c1-14-21(18,19)11-5-3-7-17(9-11)8-10-4-2-6-12-13(10)16-20-15-12/h2,4,6,11,14H,3,5,7-9H2,1H3/t11-/m0/s1. The van der Waals surface area contributed by atoms with E-state index in [4.69, 9.17) is 0 Å². The van der Waals surface area contributed by atoms with Gasteiger partial charge in [-0.25, -0.2) is 13.1 Å². The van der Waals surface area contributed by atoms with Crippen molar-refractivity contribution in [2.75, 3.05) is 20.1 Å². The Balaban J connectivity index is 1.77. The summed E-state index contributed by atoms with van der Waals surface area (Å²) in [5.41, 5.74) is 2.96. The molecule has 0 bridgehead atoms. The van der Waals surface area contributed by atoms with Crippen LogP contribution in [0.25, 0.3) is 11.0 Å². The van der Waals surface area contributed by atoms with Gasteiger partial charge in [-0.2, -0.15) is 8.75 Å². The lowest BCUT2D eigenvalue weighted by atomic mass is 10.1. The van der Waals surface area contributed by atoms with Crippen molar-refractivity contribution in [3.63, 3.8) is 0 Å². The number of aromatic nitrogens is 2. The fourth-order valence-corrected chi connectivity index (χ4v) is 4.59. The topological polar surface area (TPSA) is 75.2 Å². The van der Waals surface area contributed by atoms with Crippen LogP contribution in [0.2, 0.25) is 0 Å². The van der Waals surface area contributed by atoms with Crippen molar-refractivity contribution in [2.24, 2.45) is 0 Å². The van der Waals surface area contributed by atoms with E-state index in [0.717, 1.165) is 42.5 Å². The molecule has 6 nitrogen and oxygen atoms in total. The van der Waals surface area contributed by atoms with Gasteiger partial charge in [-0.1, -0.05) is 12.1 Å². The third-order valence-electron chi connectivity index (χ3n) is 3.95. The van der Waals surface area contributed by atoms with Crippen molar-refractivity contribution in [3.8, 4) is 0 Å². The van der Waals surface area contributed by atoms with E-state index in [2.05, 4.69) is 18.4 Å². The Morgan fingerprint density at radius 3 is 3.10 bits per heavy atom. The highest BCUT2D eigenvalue weighted by atomic mass is 32.2. The largest absolute Gasteiger partial charge is 0.298 e. The van der Waals surface area contributed by atoms with E-state index in [1.165, 1.54) is 18.8 Å². The zero-order chi connectivity index (χ0) is 14.9. The summed E-state index contributed by atoms with van der Waals surface area (Å²) >= 11 is 1.21. The van der Waals surface area contributed by atoms with Crippen LogP contribution in [0.5, 0.6) is 0 Å². The maximum absolute atomic E-state index is 12.0. The van der Waals surface area contributed by atoms with Crippen molar-refractivity contribution >= 4 is 32.8 Å². The quantitative estimate of drug-likeness (QED) is 0.914. The summed E-state index contributed by atoms with van der Waals surface area (Å²) in [5, 5.41) is -0.330. The van der Waals surface area contributed by atoms with Crippen LogP contribution in [0.3, 0.4) is 0 Å². The number of benzene rings is 1. The minimum atomic E-state index is -3.20. The molecule has 1 saturated heterocycles. The summed E-state index contributed by atoms with van der Waals surface area (Å²) < 4.78 is 35.0. The number of piperidine rings is 1. The summed E-state index contributed by atoms with van der Waals surface area (Å²) in [4.78, 5) is 2.19. The molecule has 1 N–H and O–H groups in total. The number of sulfonamides is 1. The highest BCUT2D eigenvalue weighted by Crippen LogP contribution is 2.22. The van der Waals surface area contributed by atoms with Gasteiger partial charge >= 0.3 is 0 Å². The molecule has 3 rings (SSSR count). The normalized spacial score (nSPS) is 20.9. The Morgan fingerprint density at radius 1 is 1.43 bits per heavy atom. The van der Waals surface area contributed by atoms with Gasteiger partial charge in [0.25, 0.3) is 0 Å². The van der Waals surface area contributed by atoms with E-state index in [-0.39, 0.29) is 5.25 Å². The van der Waals surface area contributed by atoms with E-state index in [9.17, 15) is 8.42 Å². The van der Waals surface area contributed by atoms with Crippen LogP contribution in [0, 0.1) is 0 Å². The first kappa shape index (κ1) is 14.8. The average Bonchev–Trinajstić information content (AvgIpc) is 2.97. The van der Waals surface area contributed by atoms with Gasteiger partial charge in [-0.3, -0.25) is 4.90 Å². The number of hydrogen-bond donors (Lipinski definition) is 1. The highest BCUT2D eigenvalue weighted by Gasteiger charge is 2.29. The lowest BCUT2D eigenvalue weighted by Crippen LogP contribution is -2.45. The minimum Gasteiger partial charge on any atom is -0.298 e. The number of nitrogens with one attached hydrogen (secondary N) is 1. The second-order valence-corrected chi connectivity index (χ2v) is 7.99. The first-order valence-electron chi connectivity index (χ1n) is 6.95. The molecule has 0 radical (unpaired) electrons. The second-order valence-electron chi connectivity index (χ2n) is 5.30. The van der Waals surface area contributed by atoms with Crippen LogP contribution in [0.15, 0.2) is 18.2 Å². The van der Waals surface area contributed by atoms with Crippen LogP contribution in [-0.4, -0.2) is 47.5 Å². The van der Waals surface area contributed by atoms with Crippen LogP contribution >= 0.6 is 11.7 Å². The summed E-state index contributed by atoms with van der Waals surface area (Å²) in [5.74, 6) is 0. The molecule has 1 atom stereocenters. The number of fused-ring (bicyclic) bond motifs is 1. The smallest absolute Gasteiger partial charge is 0.215 e. The molecule has 1 aliphatic rings. The molecule has 0 aliphatic carbocycles. The summed E-state index contributed by atoms with van der Waals surface area (Å²) in [6.45, 7) is 2.21. The third-order valence-corrected chi connectivity index (χ3v) is 6.32. The zero-order valence-electron chi connectivity index (χ0n) is 11.8. The van der Waals surface area contributed by atoms with Crippen molar-refractivity contribution in [1.82, 2.24) is 18.4 Å². The SMILES string of the molecule is CNS(=O)(=O)[C@H]1CCCN(Cc2cccc3nsnc23)C1. The van der Waals surface area contributed by atoms with Gasteiger partial charge in [-0.15, -0.1) is 0 Å². The van der Waals surface area contributed by atoms with E-state index in [1.807, 2.05) is 18.2 Å². The van der Waals surface area contributed by atoms with Crippen molar-refractivity contribution in [2.45, 2.75) is 24.6 Å². The van der Waals surface area contributed by atoms with Crippen LogP contribution in [-0.2, 0) is 16.6 Å². The molecule has 2 aromatic rings. The molecule has 0 unspecified atom stereocenters. The fraction of sp³-hybridized carbons (Fsp3) is 0.538. The van der Waals surface area contributed by atoms with Crippen LogP contribution in [0.1, 0.15) is 18.4 Å². The minimum absolute atomic E-state index is 0.330. The first-order chi connectivity index (χ1) is 10.1. The molecular formula is C13H18N4O2S2. The lowest BCUT2D eigenvalue weighted by Gasteiger charge is -2.32. The molecule has 8 heteroatoms. The Kier molecular flexibility index (Phi) is 4.21. The second kappa shape index (κ2) is 5.96. The Labute approximate surface area is 128 Å². The average molecular weight is 326 g/mol. The molecule has 2 heterocycles. The maximum Gasteiger partial charge on any atom is 0.215 e. The molecule has 1 aromatic heterocycles. The number of nitrogens with zero attached hydrogens (tertiary/aromatic N) is 3. The number of rotatable bonds is 4. The molecule has 0 amide bonds. The van der Waals surface area contributed by atoms with Gasteiger partial charge in [0.1, 0.15) is 11.0 Å². The molecule has 1 aliphatic heterocycles. The Bertz CT molecular complexity index is 729. The summed E-state index contributed by atoms with van der Waals surface area (Å²) in [6, 6.07) is 5.97. The van der Waals surface area contributed by atoms with Gasteiger partial charge < -0.3 is 0 Å². The molecule has 1 aromatic carbocycles. The van der Waals surface area contributed by atoms with E-state index in [0.29, 0.717) is 6.54 Å². The number of likely N-dealkylation sites (tertiary alicyclic amines) is 1. The predicted molar refractivity (Wildman–Crippen MR) is 83.7 cm³/mol. The third kappa shape index (κ3) is 3.08. The number of hydrogen-bond acceptors (Lipinski definition) is 6. The molecule has 21 heavy (non-hydrogen) atoms. The Morgan fingerprint density at radius 2 is 2.29 bits per heavy atom. The molecule has 1 fully saturated rings. The first-order valence-corrected chi connectivity index (χ1v) is 9.22. The van der Waals surface area contributed by atoms with Crippen LogP contribution in [0.4, 0.5) is 0 Å². The van der Waals surface area contributed by atoms with Crippen molar-refractivity contribution < 1.29 is 8.42 Å². The van der Waals surface area contributed by atoms with Gasteiger partial charge in [0.2, 0.25) is 10.0 Å². The van der Waals surface area contributed by atoms with Gasteiger partial charge in [-0.05, 0) is 38.1 Å². The lowest BCUT2D eigenvalue weighted by molar-refractivity contribution is 0.222. The summed E-state index contributed by atoms with van der Waals surface area (Å²) in [7, 11) is -1.71. The molecular weight excluding hydrogens is 308 g/mol. The zero-order valence-corrected chi connectivity index (χ0v) is 13.5. The molecule has 0 saturated carbocycles. The summed E-state index contributed by atoms with van der Waals surface area (Å²) in [6.07, 6.45) is 1.62. The monoisotopic (exact) mass is 326 g/mol. The van der Waals surface area contributed by atoms with Gasteiger partial charge in [0.15, 0.2) is 0 Å². The van der Waals surface area contributed by atoms with E-state index < -0.39 is 10.0 Å². The van der Waals surface area contributed by atoms with Crippen LogP contribution < -0.4 is 4.72 Å². The highest BCUT2D eigenvalue weighted by molar-refractivity contribution is 7.90. The van der Waals surface area contributed by atoms with Crippen molar-refractivity contribution in [1.29, 1.82) is 0 Å². The van der Waals surface area contributed by atoms with Gasteiger partial charge in [0, 0.05) is 13.1 Å². The van der Waals surface area contributed by atoms with Gasteiger partial charge in [0.05, 0.1) is 17.0 Å². The van der Waals surface area contributed by atoms with E-state index in [1.54, 1.807) is 0 Å². The van der Waals surface area contributed by atoms with E-state index >= 15 is 0 Å². The molecule has 0 spiro atoms.